The van der Waals surface area contributed by atoms with Gasteiger partial charge in [0.05, 0.1) is 9.97 Å². The Morgan fingerprint density at radius 3 is 1.75 bits per heavy atom. The number of nitrogens with zero attached hydrogens (tertiary/aromatic N) is 1. The van der Waals surface area contributed by atoms with Crippen LogP contribution in [0.3, 0.4) is 0 Å². The van der Waals surface area contributed by atoms with E-state index in [0.717, 1.165) is 6.54 Å². The Bertz CT molecular complexity index is 362. The smallest absolute Gasteiger partial charge is 0.152 e. The molecule has 0 aromatic carbocycles. The predicted octanol–water partition coefficient (Wildman–Crippen LogP) is 3.73. The largest absolute Gasteiger partial charge is 0.299 e. The van der Waals surface area contributed by atoms with Crippen LogP contribution in [0.4, 0.5) is 0 Å². The van der Waals surface area contributed by atoms with Crippen LogP contribution in [-0.2, 0) is 9.59 Å². The van der Waals surface area contributed by atoms with E-state index in [-0.39, 0.29) is 25.8 Å². The predicted molar refractivity (Wildman–Crippen MR) is 93.5 cm³/mol. The molecule has 118 valence electrons. The van der Waals surface area contributed by atoms with E-state index in [1.807, 2.05) is 46.6 Å². The number of carbonyl (C=O) groups is 2. The zero-order valence-corrected chi connectivity index (χ0v) is 16.4. The highest BCUT2D eigenvalue weighted by Gasteiger charge is 2.32. The molecule has 0 aliphatic heterocycles. The van der Waals surface area contributed by atoms with Gasteiger partial charge in [0, 0.05) is 18.4 Å². The molecule has 0 amide bonds. The van der Waals surface area contributed by atoms with Crippen molar-refractivity contribution in [2.45, 2.75) is 58.3 Å². The number of alkyl halides is 1. The summed E-state index contributed by atoms with van der Waals surface area (Å²) in [7, 11) is 1.95. The number of hydrogen-bond donors (Lipinski definition) is 0. The number of rotatable bonds is 7. The lowest BCUT2D eigenvalue weighted by atomic mass is 9.83. The molecule has 0 saturated heterocycles. The minimum Gasteiger partial charge on any atom is -0.299 e. The second-order valence-corrected chi connectivity index (χ2v) is 10.8. The molecule has 0 aromatic rings. The summed E-state index contributed by atoms with van der Waals surface area (Å²) in [4.78, 5) is 26.2. The van der Waals surface area contributed by atoms with Crippen LogP contribution >= 0.6 is 22.6 Å². The molecule has 0 N–H and O–H groups in total. The molecule has 0 fully saturated rings. The van der Waals surface area contributed by atoms with Gasteiger partial charge in [0.25, 0.3) is 0 Å². The zero-order valence-electron chi connectivity index (χ0n) is 14.3. The Morgan fingerprint density at radius 1 is 0.950 bits per heavy atom. The molecule has 0 spiro atoms. The number of ketones is 2. The van der Waals surface area contributed by atoms with Crippen molar-refractivity contribution in [3.05, 3.63) is 0 Å². The van der Waals surface area contributed by atoms with Crippen LogP contribution in [0, 0.1) is 10.8 Å². The Morgan fingerprint density at radius 2 is 1.40 bits per heavy atom. The minimum absolute atomic E-state index is 0.119. The summed E-state index contributed by atoms with van der Waals surface area (Å²) in [6.45, 7) is 15.1. The highest BCUT2D eigenvalue weighted by atomic mass is 127. The lowest BCUT2D eigenvalue weighted by Gasteiger charge is -2.32. The van der Waals surface area contributed by atoms with E-state index in [9.17, 15) is 9.59 Å². The molecule has 0 saturated carbocycles. The van der Waals surface area contributed by atoms with E-state index in [4.69, 9.17) is 0 Å². The third kappa shape index (κ3) is 7.72. The molecule has 0 aliphatic carbocycles. The van der Waals surface area contributed by atoms with Crippen molar-refractivity contribution in [3.63, 3.8) is 0 Å². The van der Waals surface area contributed by atoms with Crippen LogP contribution in [0.5, 0.6) is 0 Å². The summed E-state index contributed by atoms with van der Waals surface area (Å²) in [5, 5.41) is 0. The first-order valence-corrected chi connectivity index (χ1v) is 8.17. The second-order valence-electron chi connectivity index (χ2n) is 8.08. The fourth-order valence-corrected chi connectivity index (χ4v) is 2.16. The SMILES string of the molecule is CN(CC(=O)C(C)(C)C)CC(C)(C)CC(=O)C(C)(C)I. The summed E-state index contributed by atoms with van der Waals surface area (Å²) < 4.78 is -0.325. The van der Waals surface area contributed by atoms with Crippen molar-refractivity contribution in [3.8, 4) is 0 Å². The van der Waals surface area contributed by atoms with E-state index >= 15 is 0 Å². The Hall–Kier alpha value is 0.0300. The summed E-state index contributed by atoms with van der Waals surface area (Å²) in [6, 6.07) is 0. The molecule has 0 unspecified atom stereocenters. The van der Waals surface area contributed by atoms with Crippen LogP contribution in [-0.4, -0.2) is 40.0 Å². The van der Waals surface area contributed by atoms with Crippen molar-refractivity contribution in [1.82, 2.24) is 4.90 Å². The van der Waals surface area contributed by atoms with Gasteiger partial charge in [-0.3, -0.25) is 14.5 Å². The molecule has 0 aromatic heterocycles. The average molecular weight is 395 g/mol. The van der Waals surface area contributed by atoms with Gasteiger partial charge in [0.1, 0.15) is 5.78 Å². The lowest BCUT2D eigenvalue weighted by Crippen LogP contribution is -2.40. The van der Waals surface area contributed by atoms with Crippen molar-refractivity contribution in [1.29, 1.82) is 0 Å². The van der Waals surface area contributed by atoms with Crippen molar-refractivity contribution < 1.29 is 9.59 Å². The standard InChI is InChI=1S/C16H30INO2/c1-14(2,3)13(20)10-18(8)11-15(4,5)9-12(19)16(6,7)17/h9-11H2,1-8H3. The fraction of sp³-hybridized carbons (Fsp3) is 0.875. The Labute approximate surface area is 138 Å². The van der Waals surface area contributed by atoms with E-state index in [1.54, 1.807) is 0 Å². The highest BCUT2D eigenvalue weighted by Crippen LogP contribution is 2.29. The van der Waals surface area contributed by atoms with Gasteiger partial charge < -0.3 is 0 Å². The lowest BCUT2D eigenvalue weighted by molar-refractivity contribution is -0.127. The molecule has 0 rings (SSSR count). The highest BCUT2D eigenvalue weighted by molar-refractivity contribution is 14.1. The van der Waals surface area contributed by atoms with E-state index in [0.29, 0.717) is 13.0 Å². The maximum Gasteiger partial charge on any atom is 0.152 e. The van der Waals surface area contributed by atoms with Crippen LogP contribution in [0.15, 0.2) is 0 Å². The quantitative estimate of drug-likeness (QED) is 0.487. The van der Waals surface area contributed by atoms with Crippen molar-refractivity contribution in [2.75, 3.05) is 20.1 Å². The van der Waals surface area contributed by atoms with Gasteiger partial charge in [-0.1, -0.05) is 57.2 Å². The van der Waals surface area contributed by atoms with E-state index < -0.39 is 0 Å². The molecule has 3 nitrogen and oxygen atoms in total. The van der Waals surface area contributed by atoms with Gasteiger partial charge in [-0.05, 0) is 26.3 Å². The summed E-state index contributed by atoms with van der Waals surface area (Å²) in [5.41, 5.74) is -0.426. The van der Waals surface area contributed by atoms with E-state index in [1.165, 1.54) is 0 Å². The van der Waals surface area contributed by atoms with Gasteiger partial charge >= 0.3 is 0 Å². The zero-order chi connectivity index (χ0) is 16.4. The minimum atomic E-state index is -0.325. The molecule has 4 heteroatoms. The van der Waals surface area contributed by atoms with Gasteiger partial charge in [0.15, 0.2) is 5.78 Å². The maximum absolute atomic E-state index is 12.2. The second kappa shape index (κ2) is 6.86. The molecule has 0 bridgehead atoms. The van der Waals surface area contributed by atoms with Gasteiger partial charge in [-0.25, -0.2) is 0 Å². The van der Waals surface area contributed by atoms with E-state index in [2.05, 4.69) is 36.4 Å². The number of Topliss-reactive ketones (excluding diaryl/α,β-unsaturated/α-hetero) is 2. The first kappa shape index (κ1) is 20.0. The van der Waals surface area contributed by atoms with Crippen LogP contribution in [0.25, 0.3) is 0 Å². The molecular weight excluding hydrogens is 365 g/mol. The molecule has 0 atom stereocenters. The summed E-state index contributed by atoms with van der Waals surface area (Å²) in [5.74, 6) is 0.495. The van der Waals surface area contributed by atoms with Crippen molar-refractivity contribution >= 4 is 34.2 Å². The normalized spacial score (nSPS) is 13.7. The monoisotopic (exact) mass is 395 g/mol. The summed E-state index contributed by atoms with van der Waals surface area (Å²) >= 11 is 2.19. The number of carbonyl (C=O) groups excluding carboxylic acids is 2. The fourth-order valence-electron chi connectivity index (χ4n) is 1.97. The number of halogens is 1. The van der Waals surface area contributed by atoms with Gasteiger partial charge in [0.2, 0.25) is 0 Å². The Balaban J connectivity index is 4.54. The van der Waals surface area contributed by atoms with Crippen LogP contribution in [0.1, 0.15) is 54.9 Å². The first-order chi connectivity index (χ1) is 8.65. The molecule has 0 heterocycles. The third-order valence-corrected chi connectivity index (χ3v) is 3.85. The molecular formula is C16H30INO2. The molecule has 0 radical (unpaired) electrons. The number of hydrogen-bond acceptors (Lipinski definition) is 3. The maximum atomic E-state index is 12.2. The molecule has 20 heavy (non-hydrogen) atoms. The van der Waals surface area contributed by atoms with Crippen LogP contribution < -0.4 is 0 Å². The topological polar surface area (TPSA) is 37.4 Å². The molecule has 0 aliphatic rings. The van der Waals surface area contributed by atoms with Crippen molar-refractivity contribution in [2.24, 2.45) is 10.8 Å². The average Bonchev–Trinajstić information content (AvgIpc) is 2.11. The third-order valence-electron chi connectivity index (χ3n) is 3.25. The summed E-state index contributed by atoms with van der Waals surface area (Å²) in [6.07, 6.45) is 0.539. The van der Waals surface area contributed by atoms with Gasteiger partial charge in [-0.2, -0.15) is 0 Å². The van der Waals surface area contributed by atoms with Crippen LogP contribution in [0.2, 0.25) is 0 Å². The van der Waals surface area contributed by atoms with Gasteiger partial charge in [-0.15, -0.1) is 0 Å². The number of likely N-dealkylation sites (N-methyl/N-ethyl adjacent to an activating group) is 1. The Kier molecular flexibility index (Phi) is 6.87. The first-order valence-electron chi connectivity index (χ1n) is 7.09.